The number of hydrogen-bond donors (Lipinski definition) is 3. The van der Waals surface area contributed by atoms with Crippen LogP contribution in [0.5, 0.6) is 0 Å². The molecule has 2 aliphatic rings. The van der Waals surface area contributed by atoms with Crippen LogP contribution in [0.3, 0.4) is 0 Å². The number of likely N-dealkylation sites (N-methyl/N-ethyl adjacent to an activating group) is 1. The van der Waals surface area contributed by atoms with E-state index in [-0.39, 0.29) is 18.0 Å². The van der Waals surface area contributed by atoms with Gasteiger partial charge in [-0.25, -0.2) is 9.78 Å². The predicted molar refractivity (Wildman–Crippen MR) is 159 cm³/mol. The second-order valence-electron chi connectivity index (χ2n) is 10.2. The summed E-state index contributed by atoms with van der Waals surface area (Å²) in [6.45, 7) is 1.10. The zero-order chi connectivity index (χ0) is 28.3. The van der Waals surface area contributed by atoms with Gasteiger partial charge in [0.2, 0.25) is 5.95 Å². The van der Waals surface area contributed by atoms with Crippen LogP contribution in [-0.2, 0) is 12.8 Å². The van der Waals surface area contributed by atoms with E-state index in [1.54, 1.807) is 24.3 Å². The van der Waals surface area contributed by atoms with Crippen LogP contribution in [0.2, 0.25) is 5.02 Å². The molecule has 1 atom stereocenters. The normalized spacial score (nSPS) is 15.9. The largest absolute Gasteiger partial charge is 0.339 e. The van der Waals surface area contributed by atoms with E-state index in [4.69, 9.17) is 11.6 Å². The van der Waals surface area contributed by atoms with Crippen molar-refractivity contribution >= 4 is 52.4 Å². The fourth-order valence-corrected chi connectivity index (χ4v) is 5.27. The van der Waals surface area contributed by atoms with Gasteiger partial charge in [0.15, 0.2) is 5.82 Å². The Balaban J connectivity index is 1.20. The molecule has 0 saturated carbocycles. The van der Waals surface area contributed by atoms with Crippen LogP contribution in [0.1, 0.15) is 27.9 Å². The standard InChI is InChI=1S/C30H29ClN8O2/c1-38(24-11-12-39(18-24)28(40)20-5-3-2-4-6-20)30(41)36-26-10-9-22-14-21(26)8-7-19-13-23(16-32-15-19)35-29-33-17-25(31)27(34-22)37-29/h2-6,9-10,13-17,24H,7-8,11-12,18H2,1H3,(H,36,41)(H2,33,34,35,37)/t24-/m0/s1. The fourth-order valence-electron chi connectivity index (χ4n) is 5.13. The maximum absolute atomic E-state index is 13.4. The number of carbonyl (C=O) groups is 2. The second-order valence-corrected chi connectivity index (χ2v) is 10.6. The second kappa shape index (κ2) is 11.4. The van der Waals surface area contributed by atoms with E-state index in [0.29, 0.717) is 54.0 Å². The molecule has 1 fully saturated rings. The Morgan fingerprint density at radius 1 is 1.02 bits per heavy atom. The number of nitrogens with one attached hydrogen (secondary N) is 3. The number of anilines is 5. The van der Waals surface area contributed by atoms with Gasteiger partial charge in [0, 0.05) is 43.3 Å². The molecular formula is C30H29ClN8O2. The van der Waals surface area contributed by atoms with Gasteiger partial charge >= 0.3 is 6.03 Å². The van der Waals surface area contributed by atoms with Crippen molar-refractivity contribution in [1.82, 2.24) is 24.8 Å². The number of carbonyl (C=O) groups excluding carboxylic acids is 2. The number of urea groups is 1. The number of nitrogens with zero attached hydrogens (tertiary/aromatic N) is 5. The first-order valence-electron chi connectivity index (χ1n) is 13.4. The zero-order valence-electron chi connectivity index (χ0n) is 22.5. The lowest BCUT2D eigenvalue weighted by molar-refractivity contribution is 0.0783. The molecule has 41 heavy (non-hydrogen) atoms. The van der Waals surface area contributed by atoms with Gasteiger partial charge in [-0.2, -0.15) is 4.98 Å². The van der Waals surface area contributed by atoms with Crippen molar-refractivity contribution in [2.75, 3.05) is 36.1 Å². The highest BCUT2D eigenvalue weighted by molar-refractivity contribution is 6.32. The van der Waals surface area contributed by atoms with Crippen molar-refractivity contribution in [3.05, 3.63) is 94.9 Å². The van der Waals surface area contributed by atoms with Crippen molar-refractivity contribution in [2.24, 2.45) is 0 Å². The lowest BCUT2D eigenvalue weighted by atomic mass is 10.0. The summed E-state index contributed by atoms with van der Waals surface area (Å²) in [5.41, 5.74) is 4.91. The molecule has 208 valence electrons. The number of aromatic nitrogens is 3. The molecule has 6 rings (SSSR count). The summed E-state index contributed by atoms with van der Waals surface area (Å²) in [5.74, 6) is 0.852. The van der Waals surface area contributed by atoms with Crippen molar-refractivity contribution in [3.63, 3.8) is 0 Å². The molecule has 4 aromatic rings. The minimum absolute atomic E-state index is 0.0130. The van der Waals surface area contributed by atoms with Gasteiger partial charge in [0.25, 0.3) is 5.91 Å². The van der Waals surface area contributed by atoms with Crippen LogP contribution >= 0.6 is 11.6 Å². The first kappa shape index (κ1) is 26.5. The highest BCUT2D eigenvalue weighted by atomic mass is 35.5. The average molecular weight is 569 g/mol. The number of rotatable bonds is 3. The maximum atomic E-state index is 13.4. The molecule has 0 aliphatic carbocycles. The summed E-state index contributed by atoms with van der Waals surface area (Å²) >= 11 is 6.38. The number of likely N-dealkylation sites (tertiary alicyclic amines) is 1. The summed E-state index contributed by atoms with van der Waals surface area (Å²) in [7, 11) is 1.78. The van der Waals surface area contributed by atoms with E-state index in [9.17, 15) is 9.59 Å². The predicted octanol–water partition coefficient (Wildman–Crippen LogP) is 5.49. The molecule has 1 saturated heterocycles. The summed E-state index contributed by atoms with van der Waals surface area (Å²) in [5, 5.41) is 9.94. The van der Waals surface area contributed by atoms with Crippen molar-refractivity contribution < 1.29 is 9.59 Å². The van der Waals surface area contributed by atoms with Crippen LogP contribution in [0.15, 0.2) is 73.2 Å². The smallest absolute Gasteiger partial charge is 0.321 e. The van der Waals surface area contributed by atoms with Crippen LogP contribution in [0, 0.1) is 0 Å². The highest BCUT2D eigenvalue weighted by Crippen LogP contribution is 2.30. The lowest BCUT2D eigenvalue weighted by Crippen LogP contribution is -2.42. The van der Waals surface area contributed by atoms with E-state index in [1.807, 2.05) is 65.7 Å². The monoisotopic (exact) mass is 568 g/mol. The number of fused-ring (bicyclic) bond motifs is 6. The Labute approximate surface area is 242 Å². The average Bonchev–Trinajstić information content (AvgIpc) is 3.49. The number of benzene rings is 2. The van der Waals surface area contributed by atoms with Gasteiger partial charge in [0.05, 0.1) is 24.1 Å². The van der Waals surface area contributed by atoms with E-state index in [1.165, 1.54) is 0 Å². The third kappa shape index (κ3) is 5.92. The lowest BCUT2D eigenvalue weighted by Gasteiger charge is -2.26. The Hall–Kier alpha value is -4.70. The molecule has 3 amide bonds. The number of aryl methyl sites for hydroxylation is 2. The summed E-state index contributed by atoms with van der Waals surface area (Å²) in [6.07, 6.45) is 7.18. The fraction of sp³-hybridized carbons (Fsp3) is 0.233. The molecule has 0 spiro atoms. The first-order chi connectivity index (χ1) is 19.9. The van der Waals surface area contributed by atoms with Gasteiger partial charge in [-0.1, -0.05) is 29.8 Å². The number of hydrogen-bond acceptors (Lipinski definition) is 7. The molecule has 0 radical (unpaired) electrons. The summed E-state index contributed by atoms with van der Waals surface area (Å²) < 4.78 is 0. The Morgan fingerprint density at radius 2 is 1.88 bits per heavy atom. The molecule has 2 aliphatic heterocycles. The first-order valence-corrected chi connectivity index (χ1v) is 13.8. The van der Waals surface area contributed by atoms with Crippen LogP contribution in [0.25, 0.3) is 0 Å². The minimum Gasteiger partial charge on any atom is -0.339 e. The number of halogens is 1. The quantitative estimate of drug-likeness (QED) is 0.299. The van der Waals surface area contributed by atoms with Crippen molar-refractivity contribution in [2.45, 2.75) is 25.3 Å². The number of pyridine rings is 1. The van der Waals surface area contributed by atoms with Crippen LogP contribution in [-0.4, -0.2) is 62.9 Å². The molecule has 4 heterocycles. The Bertz CT molecular complexity index is 1600. The Kier molecular flexibility index (Phi) is 7.39. The summed E-state index contributed by atoms with van der Waals surface area (Å²) in [6, 6.07) is 16.7. The van der Waals surface area contributed by atoms with Crippen LogP contribution < -0.4 is 16.0 Å². The molecule has 2 aromatic carbocycles. The summed E-state index contributed by atoms with van der Waals surface area (Å²) in [4.78, 5) is 42.9. The number of amides is 3. The van der Waals surface area contributed by atoms with Gasteiger partial charge in [-0.3, -0.25) is 9.78 Å². The topological polar surface area (TPSA) is 115 Å². The van der Waals surface area contributed by atoms with Gasteiger partial charge < -0.3 is 25.8 Å². The molecule has 10 nitrogen and oxygen atoms in total. The van der Waals surface area contributed by atoms with Gasteiger partial charge in [-0.15, -0.1) is 0 Å². The minimum atomic E-state index is -0.222. The molecule has 6 bridgehead atoms. The third-order valence-electron chi connectivity index (χ3n) is 7.43. The Morgan fingerprint density at radius 3 is 2.73 bits per heavy atom. The van der Waals surface area contributed by atoms with E-state index in [2.05, 4.69) is 30.9 Å². The van der Waals surface area contributed by atoms with Gasteiger partial charge in [0.1, 0.15) is 5.02 Å². The molecule has 0 unspecified atom stereocenters. The molecule has 3 N–H and O–H groups in total. The van der Waals surface area contributed by atoms with Crippen molar-refractivity contribution in [3.8, 4) is 0 Å². The van der Waals surface area contributed by atoms with E-state index < -0.39 is 0 Å². The maximum Gasteiger partial charge on any atom is 0.321 e. The molecule has 2 aromatic heterocycles. The van der Waals surface area contributed by atoms with Crippen LogP contribution in [0.4, 0.5) is 33.6 Å². The van der Waals surface area contributed by atoms with E-state index in [0.717, 1.165) is 28.9 Å². The van der Waals surface area contributed by atoms with E-state index >= 15 is 0 Å². The van der Waals surface area contributed by atoms with Gasteiger partial charge in [-0.05, 0) is 66.8 Å². The third-order valence-corrected chi connectivity index (χ3v) is 7.70. The van der Waals surface area contributed by atoms with Crippen molar-refractivity contribution in [1.29, 1.82) is 0 Å². The SMILES string of the molecule is CN(C(=O)Nc1ccc2cc1CCc1cncc(c1)Nc1ncc(Cl)c(n1)N2)[C@H]1CCN(C(=O)c2ccccc2)C1. The highest BCUT2D eigenvalue weighted by Gasteiger charge is 2.31. The zero-order valence-corrected chi connectivity index (χ0v) is 23.2. The molecular weight excluding hydrogens is 540 g/mol. The molecule has 11 heteroatoms.